The van der Waals surface area contributed by atoms with Crippen LogP contribution in [0.3, 0.4) is 0 Å². The van der Waals surface area contributed by atoms with Crippen molar-refractivity contribution in [2.24, 2.45) is 0 Å². The third kappa shape index (κ3) is 11.1. The van der Waals surface area contributed by atoms with Gasteiger partial charge in [0.15, 0.2) is 0 Å². The van der Waals surface area contributed by atoms with Crippen molar-refractivity contribution < 1.29 is 53.6 Å². The quantitative estimate of drug-likeness (QED) is 0.556. The van der Waals surface area contributed by atoms with Crippen molar-refractivity contribution in [3.05, 3.63) is 0 Å². The van der Waals surface area contributed by atoms with Crippen molar-refractivity contribution in [1.29, 1.82) is 0 Å². The van der Waals surface area contributed by atoms with E-state index < -0.39 is 45.7 Å². The van der Waals surface area contributed by atoms with Crippen LogP contribution < -0.4 is 4.89 Å². The largest absolute Gasteiger partial charge is 0.756 e. The second-order valence-corrected chi connectivity index (χ2v) is 4.43. The van der Waals surface area contributed by atoms with Crippen molar-refractivity contribution in [2.45, 2.75) is 37.9 Å². The predicted molar refractivity (Wildman–Crippen MR) is 40.9 cm³/mol. The number of hydrogen-bond donors (Lipinski definition) is 0. The molecule has 0 rings (SSSR count). The Hall–Kier alpha value is -0.450. The van der Waals surface area contributed by atoms with Gasteiger partial charge in [0, 0.05) is 0 Å². The minimum Gasteiger partial charge on any atom is -0.756 e. The zero-order valence-corrected chi connectivity index (χ0v) is 9.57. The molecule has 19 heavy (non-hydrogen) atoms. The van der Waals surface area contributed by atoms with Gasteiger partial charge in [0.1, 0.15) is 0 Å². The van der Waals surface area contributed by atoms with E-state index in [2.05, 4.69) is 9.05 Å². The standard InChI is InChI=1S/C6H7F8O4P/c7-3(1-5(9,10)11)17-19(15,16)18-4(8)2-6(12,13)14/h3-4H,1-2H2,(H,15,16)/p-1. The average molecular weight is 325 g/mol. The molecule has 0 N–H and O–H groups in total. The fourth-order valence-corrected chi connectivity index (χ4v) is 1.50. The predicted octanol–water partition coefficient (Wildman–Crippen LogP) is 2.98. The molecule has 2 atom stereocenters. The lowest BCUT2D eigenvalue weighted by Gasteiger charge is -2.26. The Morgan fingerprint density at radius 2 is 1.16 bits per heavy atom. The summed E-state index contributed by atoms with van der Waals surface area (Å²) in [6.45, 7) is 0. The second kappa shape index (κ2) is 6.33. The van der Waals surface area contributed by atoms with Gasteiger partial charge in [-0.3, -0.25) is 13.6 Å². The molecule has 4 nitrogen and oxygen atoms in total. The summed E-state index contributed by atoms with van der Waals surface area (Å²) in [6, 6.07) is 0. The van der Waals surface area contributed by atoms with Crippen molar-refractivity contribution >= 4 is 7.82 Å². The highest BCUT2D eigenvalue weighted by molar-refractivity contribution is 7.45. The number of alkyl halides is 8. The molecule has 0 aromatic carbocycles. The first-order valence-electron chi connectivity index (χ1n) is 4.30. The van der Waals surface area contributed by atoms with E-state index in [1.165, 1.54) is 0 Å². The smallest absolute Gasteiger partial charge is 0.394 e. The highest BCUT2D eigenvalue weighted by atomic mass is 31.2. The molecule has 0 aromatic heterocycles. The molecule has 0 aromatic rings. The van der Waals surface area contributed by atoms with E-state index in [1.54, 1.807) is 0 Å². The van der Waals surface area contributed by atoms with Gasteiger partial charge in [-0.05, 0) is 0 Å². The van der Waals surface area contributed by atoms with Crippen LogP contribution in [0.4, 0.5) is 35.1 Å². The topological polar surface area (TPSA) is 58.6 Å². The Kier molecular flexibility index (Phi) is 6.18. The Bertz CT molecular complexity index is 300. The van der Waals surface area contributed by atoms with E-state index in [0.29, 0.717) is 0 Å². The molecule has 0 spiro atoms. The lowest BCUT2D eigenvalue weighted by Crippen LogP contribution is -2.24. The number of hydrogen-bond acceptors (Lipinski definition) is 4. The minimum absolute atomic E-state index is 2.35. The molecule has 0 saturated carbocycles. The maximum Gasteiger partial charge on any atom is 0.394 e. The molecule has 0 fully saturated rings. The zero-order valence-electron chi connectivity index (χ0n) is 8.67. The summed E-state index contributed by atoms with van der Waals surface area (Å²) in [4.78, 5) is 10.6. The van der Waals surface area contributed by atoms with E-state index in [9.17, 15) is 44.6 Å². The molecule has 0 aliphatic heterocycles. The highest BCUT2D eigenvalue weighted by Crippen LogP contribution is 2.45. The van der Waals surface area contributed by atoms with Crippen LogP contribution in [0.2, 0.25) is 0 Å². The highest BCUT2D eigenvalue weighted by Gasteiger charge is 2.37. The lowest BCUT2D eigenvalue weighted by molar-refractivity contribution is -0.256. The second-order valence-electron chi connectivity index (χ2n) is 3.12. The molecule has 0 heterocycles. The van der Waals surface area contributed by atoms with Crippen LogP contribution in [0, 0.1) is 0 Å². The van der Waals surface area contributed by atoms with E-state index in [0.717, 1.165) is 0 Å². The third-order valence-corrected chi connectivity index (χ3v) is 2.24. The van der Waals surface area contributed by atoms with Gasteiger partial charge in [0.05, 0.1) is 12.8 Å². The van der Waals surface area contributed by atoms with Gasteiger partial charge in [-0.15, -0.1) is 0 Å². The maximum atomic E-state index is 12.4. The number of phosphoric ester groups is 1. The first-order valence-corrected chi connectivity index (χ1v) is 5.76. The molecule has 0 aliphatic rings. The molecule has 116 valence electrons. The summed E-state index contributed by atoms with van der Waals surface area (Å²) in [5.74, 6) is 0. The van der Waals surface area contributed by atoms with Gasteiger partial charge in [-0.25, -0.2) is 8.78 Å². The minimum atomic E-state index is -5.98. The van der Waals surface area contributed by atoms with Crippen LogP contribution in [-0.2, 0) is 13.6 Å². The van der Waals surface area contributed by atoms with E-state index in [-0.39, 0.29) is 0 Å². The summed E-state index contributed by atoms with van der Waals surface area (Å²) >= 11 is 0. The summed E-state index contributed by atoms with van der Waals surface area (Å²) in [6.07, 6.45) is -21.8. The van der Waals surface area contributed by atoms with Crippen molar-refractivity contribution in [2.75, 3.05) is 0 Å². The molecular formula is C6H6F8O4P-. The summed E-state index contributed by atoms with van der Waals surface area (Å²) < 4.78 is 111. The van der Waals surface area contributed by atoms with Crippen LogP contribution in [0.5, 0.6) is 0 Å². The molecule has 0 aliphatic carbocycles. The van der Waals surface area contributed by atoms with E-state index in [1.807, 2.05) is 0 Å². The van der Waals surface area contributed by atoms with E-state index in [4.69, 9.17) is 0 Å². The number of phosphoric acid groups is 1. The van der Waals surface area contributed by atoms with Crippen molar-refractivity contribution in [3.8, 4) is 0 Å². The number of halogens is 8. The van der Waals surface area contributed by atoms with Crippen LogP contribution in [-0.4, -0.2) is 25.1 Å². The fourth-order valence-electron chi connectivity index (χ4n) is 0.743. The molecular weight excluding hydrogens is 319 g/mol. The molecule has 0 amide bonds. The van der Waals surface area contributed by atoms with Crippen LogP contribution >= 0.6 is 7.82 Å². The van der Waals surface area contributed by atoms with Crippen molar-refractivity contribution in [1.82, 2.24) is 0 Å². The van der Waals surface area contributed by atoms with Gasteiger partial charge >= 0.3 is 12.4 Å². The van der Waals surface area contributed by atoms with Gasteiger partial charge in [-0.2, -0.15) is 26.3 Å². The Labute approximate surface area is 100 Å². The Morgan fingerprint density at radius 3 is 1.37 bits per heavy atom. The summed E-state index contributed by atoms with van der Waals surface area (Å²) in [5.41, 5.74) is 0. The normalized spacial score (nSPS) is 19.8. The molecule has 0 saturated heterocycles. The molecule has 13 heteroatoms. The molecule has 0 bridgehead atoms. The van der Waals surface area contributed by atoms with Crippen molar-refractivity contribution in [3.63, 3.8) is 0 Å². The SMILES string of the molecule is O=P([O-])(OC(F)CC(F)(F)F)OC(F)CC(F)(F)F. The maximum absolute atomic E-state index is 12.4. The van der Waals surface area contributed by atoms with Crippen LogP contribution in [0.1, 0.15) is 12.8 Å². The zero-order chi connectivity index (χ0) is 15.5. The van der Waals surface area contributed by atoms with Crippen LogP contribution in [0.15, 0.2) is 0 Å². The monoisotopic (exact) mass is 325 g/mol. The average Bonchev–Trinajstić information content (AvgIpc) is 1.89. The first kappa shape index (κ1) is 18.6. The van der Waals surface area contributed by atoms with Gasteiger partial charge in [-0.1, -0.05) is 0 Å². The third-order valence-electron chi connectivity index (χ3n) is 1.27. The Balaban J connectivity index is 4.36. The van der Waals surface area contributed by atoms with Crippen LogP contribution in [0.25, 0.3) is 0 Å². The van der Waals surface area contributed by atoms with E-state index >= 15 is 0 Å². The van der Waals surface area contributed by atoms with Gasteiger partial charge < -0.3 is 4.89 Å². The number of rotatable bonds is 6. The van der Waals surface area contributed by atoms with Gasteiger partial charge in [0.25, 0.3) is 7.82 Å². The fraction of sp³-hybridized carbons (Fsp3) is 1.00. The Morgan fingerprint density at radius 1 is 0.895 bits per heavy atom. The molecule has 0 radical (unpaired) electrons. The lowest BCUT2D eigenvalue weighted by atomic mass is 10.4. The molecule has 2 unspecified atom stereocenters. The summed E-state index contributed by atoms with van der Waals surface area (Å²) in [5, 5.41) is 0. The first-order chi connectivity index (χ1) is 8.20. The summed E-state index contributed by atoms with van der Waals surface area (Å²) in [7, 11) is -5.98. The van der Waals surface area contributed by atoms with Gasteiger partial charge in [0.2, 0.25) is 12.7 Å².